The van der Waals surface area contributed by atoms with Gasteiger partial charge >= 0.3 is 0 Å². The number of rotatable bonds is 7. The SMILES string of the molecule is CCN(CCCBr)S(=O)(=O)CC(C)C. The molecule has 0 unspecified atom stereocenters. The van der Waals surface area contributed by atoms with Crippen molar-refractivity contribution in [3.8, 4) is 0 Å². The number of alkyl halides is 1. The molecular weight excluding hydrogens is 266 g/mol. The fraction of sp³-hybridized carbons (Fsp3) is 1.00. The molecule has 0 radical (unpaired) electrons. The van der Waals surface area contributed by atoms with Crippen LogP contribution in [0.4, 0.5) is 0 Å². The van der Waals surface area contributed by atoms with Gasteiger partial charge in [-0.25, -0.2) is 12.7 Å². The fourth-order valence-corrected chi connectivity index (χ4v) is 3.36. The summed E-state index contributed by atoms with van der Waals surface area (Å²) in [5, 5.41) is 0.848. The quantitative estimate of drug-likeness (QED) is 0.672. The Morgan fingerprint density at radius 1 is 1.36 bits per heavy atom. The van der Waals surface area contributed by atoms with Crippen molar-refractivity contribution in [2.45, 2.75) is 27.2 Å². The van der Waals surface area contributed by atoms with E-state index in [1.54, 1.807) is 4.31 Å². The lowest BCUT2D eigenvalue weighted by atomic mass is 10.3. The molecule has 0 rings (SSSR count). The van der Waals surface area contributed by atoms with E-state index in [1.807, 2.05) is 20.8 Å². The highest BCUT2D eigenvalue weighted by atomic mass is 79.9. The van der Waals surface area contributed by atoms with Crippen molar-refractivity contribution >= 4 is 26.0 Å². The summed E-state index contributed by atoms with van der Waals surface area (Å²) in [6.07, 6.45) is 0.866. The summed E-state index contributed by atoms with van der Waals surface area (Å²) >= 11 is 3.30. The van der Waals surface area contributed by atoms with Gasteiger partial charge in [-0.15, -0.1) is 0 Å². The summed E-state index contributed by atoms with van der Waals surface area (Å²) in [5.41, 5.74) is 0. The number of halogens is 1. The van der Waals surface area contributed by atoms with Crippen LogP contribution < -0.4 is 0 Å². The molecule has 86 valence electrons. The molecule has 0 saturated carbocycles. The van der Waals surface area contributed by atoms with Crippen LogP contribution in [0.5, 0.6) is 0 Å². The number of hydrogen-bond donors (Lipinski definition) is 0. The Morgan fingerprint density at radius 3 is 2.29 bits per heavy atom. The number of hydrogen-bond acceptors (Lipinski definition) is 2. The molecule has 0 aromatic rings. The van der Waals surface area contributed by atoms with E-state index in [0.29, 0.717) is 13.1 Å². The molecule has 0 aromatic carbocycles. The van der Waals surface area contributed by atoms with E-state index >= 15 is 0 Å². The van der Waals surface area contributed by atoms with Crippen LogP contribution in [0.15, 0.2) is 0 Å². The molecule has 5 heteroatoms. The van der Waals surface area contributed by atoms with Gasteiger partial charge in [0.15, 0.2) is 0 Å². The summed E-state index contributed by atoms with van der Waals surface area (Å²) in [5.74, 6) is 0.446. The molecule has 0 amide bonds. The van der Waals surface area contributed by atoms with Crippen molar-refractivity contribution in [1.29, 1.82) is 0 Å². The minimum absolute atomic E-state index is 0.193. The molecule has 0 aliphatic heterocycles. The van der Waals surface area contributed by atoms with Gasteiger partial charge in [0, 0.05) is 18.4 Å². The summed E-state index contributed by atoms with van der Waals surface area (Å²) in [7, 11) is -3.03. The zero-order valence-corrected chi connectivity index (χ0v) is 11.6. The predicted octanol–water partition coefficient (Wildman–Crippen LogP) is 2.08. The average molecular weight is 286 g/mol. The third-order valence-electron chi connectivity index (χ3n) is 1.83. The maximum Gasteiger partial charge on any atom is 0.214 e. The molecule has 0 heterocycles. The van der Waals surface area contributed by atoms with E-state index in [1.165, 1.54) is 0 Å². The minimum atomic E-state index is -3.03. The largest absolute Gasteiger partial charge is 0.214 e. The van der Waals surface area contributed by atoms with Crippen LogP contribution in [-0.2, 0) is 10.0 Å². The molecule has 0 atom stereocenters. The maximum absolute atomic E-state index is 11.8. The molecule has 0 fully saturated rings. The second-order valence-electron chi connectivity index (χ2n) is 3.71. The van der Waals surface area contributed by atoms with E-state index in [9.17, 15) is 8.42 Å². The summed E-state index contributed by atoms with van der Waals surface area (Å²) in [6, 6.07) is 0. The van der Waals surface area contributed by atoms with Crippen molar-refractivity contribution < 1.29 is 8.42 Å². The van der Waals surface area contributed by atoms with Crippen LogP contribution in [-0.4, -0.2) is 36.9 Å². The zero-order valence-electron chi connectivity index (χ0n) is 9.16. The molecule has 0 bridgehead atoms. The van der Waals surface area contributed by atoms with Gasteiger partial charge < -0.3 is 0 Å². The topological polar surface area (TPSA) is 37.4 Å². The standard InChI is InChI=1S/C9H20BrNO2S/c1-4-11(7-5-6-10)14(12,13)8-9(2)3/h9H,4-8H2,1-3H3. The molecule has 0 aromatic heterocycles. The van der Waals surface area contributed by atoms with Gasteiger partial charge in [0.25, 0.3) is 0 Å². The molecule has 0 saturated heterocycles. The van der Waals surface area contributed by atoms with E-state index < -0.39 is 10.0 Å². The maximum atomic E-state index is 11.8. The average Bonchev–Trinajstić information content (AvgIpc) is 2.02. The Kier molecular flexibility index (Phi) is 6.99. The van der Waals surface area contributed by atoms with Gasteiger partial charge in [-0.1, -0.05) is 36.7 Å². The fourth-order valence-electron chi connectivity index (χ4n) is 1.26. The summed E-state index contributed by atoms with van der Waals surface area (Å²) in [4.78, 5) is 0. The highest BCUT2D eigenvalue weighted by Crippen LogP contribution is 2.08. The molecule has 0 aliphatic carbocycles. The lowest BCUT2D eigenvalue weighted by molar-refractivity contribution is 0.424. The third-order valence-corrected chi connectivity index (χ3v) is 4.71. The van der Waals surface area contributed by atoms with Crippen molar-refractivity contribution in [2.75, 3.05) is 24.2 Å². The lowest BCUT2D eigenvalue weighted by Gasteiger charge is -2.21. The van der Waals surface area contributed by atoms with E-state index in [2.05, 4.69) is 15.9 Å². The molecule has 3 nitrogen and oxygen atoms in total. The first-order valence-corrected chi connectivity index (χ1v) is 7.70. The molecule has 0 N–H and O–H groups in total. The molecule has 0 aliphatic rings. The summed E-state index contributed by atoms with van der Waals surface area (Å²) in [6.45, 7) is 6.93. The van der Waals surface area contributed by atoms with E-state index in [4.69, 9.17) is 0 Å². The number of nitrogens with zero attached hydrogens (tertiary/aromatic N) is 1. The highest BCUT2D eigenvalue weighted by molar-refractivity contribution is 9.09. The normalized spacial score (nSPS) is 12.7. The number of sulfonamides is 1. The van der Waals surface area contributed by atoms with Gasteiger partial charge in [0.2, 0.25) is 10.0 Å². The van der Waals surface area contributed by atoms with Gasteiger partial charge in [-0.2, -0.15) is 0 Å². The van der Waals surface area contributed by atoms with Crippen LogP contribution in [0.1, 0.15) is 27.2 Å². The molecule has 14 heavy (non-hydrogen) atoms. The second-order valence-corrected chi connectivity index (χ2v) is 6.51. The van der Waals surface area contributed by atoms with E-state index in [-0.39, 0.29) is 11.7 Å². The van der Waals surface area contributed by atoms with Crippen molar-refractivity contribution in [3.05, 3.63) is 0 Å². The zero-order chi connectivity index (χ0) is 11.2. The Labute approximate surface area is 96.0 Å². The Balaban J connectivity index is 4.34. The second kappa shape index (κ2) is 6.80. The van der Waals surface area contributed by atoms with Crippen molar-refractivity contribution in [3.63, 3.8) is 0 Å². The third kappa shape index (κ3) is 5.32. The van der Waals surface area contributed by atoms with Crippen LogP contribution in [0.3, 0.4) is 0 Å². The van der Waals surface area contributed by atoms with Crippen LogP contribution >= 0.6 is 15.9 Å². The van der Waals surface area contributed by atoms with Crippen LogP contribution in [0, 0.1) is 5.92 Å². The Hall–Kier alpha value is 0.390. The van der Waals surface area contributed by atoms with Crippen molar-refractivity contribution in [2.24, 2.45) is 5.92 Å². The van der Waals surface area contributed by atoms with Crippen LogP contribution in [0.2, 0.25) is 0 Å². The predicted molar refractivity (Wildman–Crippen MR) is 64.3 cm³/mol. The first kappa shape index (κ1) is 14.4. The van der Waals surface area contributed by atoms with Gasteiger partial charge in [-0.05, 0) is 12.3 Å². The molecular formula is C9H20BrNO2S. The first-order chi connectivity index (χ1) is 6.44. The monoisotopic (exact) mass is 285 g/mol. The van der Waals surface area contributed by atoms with Gasteiger partial charge in [-0.3, -0.25) is 0 Å². The van der Waals surface area contributed by atoms with Gasteiger partial charge in [0.1, 0.15) is 0 Å². The molecule has 0 spiro atoms. The smallest absolute Gasteiger partial charge is 0.212 e. The lowest BCUT2D eigenvalue weighted by Crippen LogP contribution is -2.35. The highest BCUT2D eigenvalue weighted by Gasteiger charge is 2.20. The minimum Gasteiger partial charge on any atom is -0.212 e. The van der Waals surface area contributed by atoms with E-state index in [0.717, 1.165) is 11.8 Å². The van der Waals surface area contributed by atoms with Crippen molar-refractivity contribution in [1.82, 2.24) is 4.31 Å². The van der Waals surface area contributed by atoms with Crippen LogP contribution in [0.25, 0.3) is 0 Å². The summed E-state index contributed by atoms with van der Waals surface area (Å²) < 4.78 is 25.1. The Morgan fingerprint density at radius 2 is 1.93 bits per heavy atom. The first-order valence-electron chi connectivity index (χ1n) is 4.97. The van der Waals surface area contributed by atoms with Gasteiger partial charge in [0.05, 0.1) is 5.75 Å². The Bertz CT molecular complexity index is 239.